The highest BCUT2D eigenvalue weighted by atomic mass is 32.1. The Balaban J connectivity index is 2.84. The summed E-state index contributed by atoms with van der Waals surface area (Å²) < 4.78 is 0. The number of nitrogens with two attached hydrogens (primary N) is 1. The Morgan fingerprint density at radius 3 is 2.73 bits per heavy atom. The number of thiocarbonyl (C=S) groups is 1. The van der Waals surface area contributed by atoms with Crippen LogP contribution < -0.4 is 11.2 Å². The van der Waals surface area contributed by atoms with Gasteiger partial charge in [0, 0.05) is 0 Å². The summed E-state index contributed by atoms with van der Waals surface area (Å²) in [6.45, 7) is 4.29. The molecule has 0 fully saturated rings. The van der Waals surface area contributed by atoms with E-state index >= 15 is 0 Å². The standard InChI is InChI=1S/C11H15N3S/c1-8(2)10-6-4-3-5-9(10)7-13-14-11(12)15/h3-8H,1-2H3,(H3,12,14,15). The average Bonchev–Trinajstić information content (AvgIpc) is 2.17. The summed E-state index contributed by atoms with van der Waals surface area (Å²) in [6, 6.07) is 8.11. The van der Waals surface area contributed by atoms with Crippen molar-refractivity contribution < 1.29 is 0 Å². The average molecular weight is 221 g/mol. The molecule has 0 saturated carbocycles. The Bertz CT molecular complexity index is 372. The Hall–Kier alpha value is -1.42. The van der Waals surface area contributed by atoms with Crippen LogP contribution in [0.5, 0.6) is 0 Å². The van der Waals surface area contributed by atoms with Gasteiger partial charge in [-0.1, -0.05) is 38.1 Å². The lowest BCUT2D eigenvalue weighted by Crippen LogP contribution is -2.24. The molecule has 1 rings (SSSR count). The van der Waals surface area contributed by atoms with Gasteiger partial charge in [0.2, 0.25) is 0 Å². The molecule has 0 aromatic heterocycles. The van der Waals surface area contributed by atoms with E-state index in [0.29, 0.717) is 5.92 Å². The first kappa shape index (κ1) is 11.7. The predicted molar refractivity (Wildman–Crippen MR) is 68.0 cm³/mol. The molecule has 0 aliphatic rings. The zero-order valence-electron chi connectivity index (χ0n) is 8.90. The first-order chi connectivity index (χ1) is 7.11. The first-order valence-electron chi connectivity index (χ1n) is 4.78. The van der Waals surface area contributed by atoms with E-state index in [0.717, 1.165) is 5.56 Å². The molecule has 1 aromatic rings. The van der Waals surface area contributed by atoms with E-state index in [4.69, 9.17) is 5.73 Å². The number of hydrogen-bond donors (Lipinski definition) is 2. The SMILES string of the molecule is CC(C)c1ccccc1C=NNC(N)=S. The van der Waals surface area contributed by atoms with Gasteiger partial charge >= 0.3 is 0 Å². The Kier molecular flexibility index (Phi) is 4.24. The van der Waals surface area contributed by atoms with Crippen molar-refractivity contribution in [1.29, 1.82) is 0 Å². The molecule has 0 saturated heterocycles. The van der Waals surface area contributed by atoms with Crippen molar-refractivity contribution >= 4 is 23.5 Å². The fraction of sp³-hybridized carbons (Fsp3) is 0.273. The third kappa shape index (κ3) is 3.67. The van der Waals surface area contributed by atoms with Gasteiger partial charge in [-0.2, -0.15) is 5.10 Å². The molecule has 0 spiro atoms. The third-order valence-electron chi connectivity index (χ3n) is 2.00. The highest BCUT2D eigenvalue weighted by molar-refractivity contribution is 7.80. The summed E-state index contributed by atoms with van der Waals surface area (Å²) in [4.78, 5) is 0. The molecule has 0 heterocycles. The van der Waals surface area contributed by atoms with Gasteiger partial charge in [-0.25, -0.2) is 0 Å². The molecule has 0 aliphatic carbocycles. The van der Waals surface area contributed by atoms with Crippen LogP contribution in [0.2, 0.25) is 0 Å². The summed E-state index contributed by atoms with van der Waals surface area (Å²) in [5, 5.41) is 4.12. The largest absolute Gasteiger partial charge is 0.375 e. The lowest BCUT2D eigenvalue weighted by molar-refractivity contribution is 0.864. The molecular formula is C11H15N3S. The maximum absolute atomic E-state index is 5.26. The van der Waals surface area contributed by atoms with Gasteiger partial charge in [0.1, 0.15) is 0 Å². The van der Waals surface area contributed by atoms with Crippen LogP contribution in [0, 0.1) is 0 Å². The van der Waals surface area contributed by atoms with Crippen LogP contribution in [-0.4, -0.2) is 11.3 Å². The molecule has 0 aliphatic heterocycles. The number of hydrazone groups is 1. The minimum atomic E-state index is 0.174. The minimum Gasteiger partial charge on any atom is -0.375 e. The van der Waals surface area contributed by atoms with Gasteiger partial charge in [-0.05, 0) is 29.3 Å². The van der Waals surface area contributed by atoms with Gasteiger partial charge in [0.25, 0.3) is 0 Å². The van der Waals surface area contributed by atoms with E-state index < -0.39 is 0 Å². The van der Waals surface area contributed by atoms with Crippen molar-refractivity contribution in [2.24, 2.45) is 10.8 Å². The van der Waals surface area contributed by atoms with E-state index in [1.54, 1.807) is 6.21 Å². The number of rotatable bonds is 3. The van der Waals surface area contributed by atoms with Crippen LogP contribution in [-0.2, 0) is 0 Å². The lowest BCUT2D eigenvalue weighted by atomic mass is 9.98. The summed E-state index contributed by atoms with van der Waals surface area (Å²) in [6.07, 6.45) is 1.73. The fourth-order valence-electron chi connectivity index (χ4n) is 1.32. The number of nitrogens with one attached hydrogen (secondary N) is 1. The molecule has 15 heavy (non-hydrogen) atoms. The summed E-state index contributed by atoms with van der Waals surface area (Å²) in [5.41, 5.74) is 10.1. The van der Waals surface area contributed by atoms with E-state index in [1.165, 1.54) is 5.56 Å². The van der Waals surface area contributed by atoms with Gasteiger partial charge < -0.3 is 5.73 Å². The van der Waals surface area contributed by atoms with Gasteiger partial charge in [0.15, 0.2) is 5.11 Å². The summed E-state index contributed by atoms with van der Waals surface area (Å²) in [7, 11) is 0. The molecule has 0 amide bonds. The maximum atomic E-state index is 5.26. The van der Waals surface area contributed by atoms with E-state index in [1.807, 2.05) is 18.2 Å². The highest BCUT2D eigenvalue weighted by Crippen LogP contribution is 2.17. The molecule has 0 radical (unpaired) electrons. The smallest absolute Gasteiger partial charge is 0.184 e. The summed E-state index contributed by atoms with van der Waals surface area (Å²) in [5.74, 6) is 0.470. The van der Waals surface area contributed by atoms with Crippen molar-refractivity contribution in [2.75, 3.05) is 0 Å². The molecular weight excluding hydrogens is 206 g/mol. The van der Waals surface area contributed by atoms with E-state index in [-0.39, 0.29) is 5.11 Å². The quantitative estimate of drug-likeness (QED) is 0.466. The molecule has 4 heteroatoms. The van der Waals surface area contributed by atoms with Crippen LogP contribution in [0.1, 0.15) is 30.9 Å². The predicted octanol–water partition coefficient (Wildman–Crippen LogP) is 1.98. The van der Waals surface area contributed by atoms with Crippen molar-refractivity contribution in [3.05, 3.63) is 35.4 Å². The molecule has 3 N–H and O–H groups in total. The van der Waals surface area contributed by atoms with Crippen molar-refractivity contribution in [2.45, 2.75) is 19.8 Å². The normalized spacial score (nSPS) is 10.9. The number of benzene rings is 1. The van der Waals surface area contributed by atoms with Crippen LogP contribution in [0.4, 0.5) is 0 Å². The Morgan fingerprint density at radius 2 is 2.13 bits per heavy atom. The van der Waals surface area contributed by atoms with Gasteiger partial charge in [-0.15, -0.1) is 0 Å². The third-order valence-corrected chi connectivity index (χ3v) is 2.09. The Morgan fingerprint density at radius 1 is 1.47 bits per heavy atom. The van der Waals surface area contributed by atoms with E-state index in [2.05, 4.69) is 42.7 Å². The molecule has 80 valence electrons. The minimum absolute atomic E-state index is 0.174. The van der Waals surface area contributed by atoms with Crippen LogP contribution in [0.15, 0.2) is 29.4 Å². The maximum Gasteiger partial charge on any atom is 0.184 e. The monoisotopic (exact) mass is 221 g/mol. The second kappa shape index (κ2) is 5.46. The summed E-state index contributed by atoms with van der Waals surface area (Å²) >= 11 is 4.65. The van der Waals surface area contributed by atoms with Gasteiger partial charge in [0.05, 0.1) is 6.21 Å². The Labute approximate surface area is 95.4 Å². The molecule has 0 bridgehead atoms. The van der Waals surface area contributed by atoms with Crippen LogP contribution in [0.3, 0.4) is 0 Å². The van der Waals surface area contributed by atoms with Crippen LogP contribution >= 0.6 is 12.2 Å². The van der Waals surface area contributed by atoms with Crippen molar-refractivity contribution in [3.8, 4) is 0 Å². The molecule has 0 atom stereocenters. The lowest BCUT2D eigenvalue weighted by Gasteiger charge is -2.08. The fourth-order valence-corrected chi connectivity index (χ4v) is 1.37. The molecule has 3 nitrogen and oxygen atoms in total. The zero-order valence-corrected chi connectivity index (χ0v) is 9.71. The second-order valence-corrected chi connectivity index (χ2v) is 3.96. The van der Waals surface area contributed by atoms with Crippen molar-refractivity contribution in [1.82, 2.24) is 5.43 Å². The highest BCUT2D eigenvalue weighted by Gasteiger charge is 2.02. The van der Waals surface area contributed by atoms with Gasteiger partial charge in [-0.3, -0.25) is 5.43 Å². The van der Waals surface area contributed by atoms with E-state index in [9.17, 15) is 0 Å². The number of hydrogen-bond acceptors (Lipinski definition) is 2. The zero-order chi connectivity index (χ0) is 11.3. The first-order valence-corrected chi connectivity index (χ1v) is 5.19. The van der Waals surface area contributed by atoms with Crippen LogP contribution in [0.25, 0.3) is 0 Å². The molecule has 0 unspecified atom stereocenters. The van der Waals surface area contributed by atoms with Crippen molar-refractivity contribution in [3.63, 3.8) is 0 Å². The molecule has 1 aromatic carbocycles. The second-order valence-electron chi connectivity index (χ2n) is 3.52. The number of nitrogens with zero attached hydrogens (tertiary/aromatic N) is 1. The topological polar surface area (TPSA) is 50.4 Å².